The third-order valence-electron chi connectivity index (χ3n) is 3.83. The highest BCUT2D eigenvalue weighted by Crippen LogP contribution is 2.31. The van der Waals surface area contributed by atoms with E-state index in [4.69, 9.17) is 11.6 Å². The van der Waals surface area contributed by atoms with Crippen molar-refractivity contribution >= 4 is 17.7 Å². The van der Waals surface area contributed by atoms with Gasteiger partial charge in [0.2, 0.25) is 0 Å². The molecular weight excluding hydrogens is 247 g/mol. The van der Waals surface area contributed by atoms with Crippen LogP contribution in [-0.2, 0) is 0 Å². The molecule has 98 valence electrons. The Labute approximate surface area is 114 Å². The Bertz CT molecular complexity index is 431. The summed E-state index contributed by atoms with van der Waals surface area (Å²) in [7, 11) is 0. The van der Waals surface area contributed by atoms with Gasteiger partial charge in [-0.05, 0) is 42.9 Å². The molecular formula is C16H20ClF. The summed E-state index contributed by atoms with van der Waals surface area (Å²) in [5.74, 6) is 1.02. The van der Waals surface area contributed by atoms with Gasteiger partial charge in [-0.1, -0.05) is 43.0 Å². The number of alkyl halides is 1. The van der Waals surface area contributed by atoms with E-state index in [-0.39, 0.29) is 5.82 Å². The van der Waals surface area contributed by atoms with Crippen LogP contribution in [0.1, 0.15) is 43.2 Å². The van der Waals surface area contributed by atoms with E-state index in [2.05, 4.69) is 6.08 Å². The molecule has 1 fully saturated rings. The normalized spacial score (nSPS) is 18.1. The molecule has 18 heavy (non-hydrogen) atoms. The van der Waals surface area contributed by atoms with E-state index in [0.717, 1.165) is 5.56 Å². The predicted molar refractivity (Wildman–Crippen MR) is 76.4 cm³/mol. The first-order valence-electron chi connectivity index (χ1n) is 6.73. The molecule has 1 aliphatic rings. The molecule has 0 heterocycles. The third-order valence-corrected chi connectivity index (χ3v) is 4.14. The summed E-state index contributed by atoms with van der Waals surface area (Å²) in [4.78, 5) is 0. The first kappa shape index (κ1) is 13.6. The summed E-state index contributed by atoms with van der Waals surface area (Å²) in [6.45, 7) is 1.78. The highest BCUT2D eigenvalue weighted by atomic mass is 35.5. The first-order valence-corrected chi connectivity index (χ1v) is 7.26. The van der Waals surface area contributed by atoms with Crippen molar-refractivity contribution in [2.24, 2.45) is 5.92 Å². The first-order chi connectivity index (χ1) is 8.70. The molecule has 0 amide bonds. The van der Waals surface area contributed by atoms with E-state index >= 15 is 0 Å². The number of benzene rings is 1. The molecule has 1 aromatic carbocycles. The van der Waals surface area contributed by atoms with Crippen molar-refractivity contribution in [2.75, 3.05) is 5.88 Å². The number of hydrogen-bond donors (Lipinski definition) is 0. The quantitative estimate of drug-likeness (QED) is 0.648. The van der Waals surface area contributed by atoms with Gasteiger partial charge in [0, 0.05) is 5.88 Å². The molecule has 0 bridgehead atoms. The number of rotatable bonds is 3. The fraction of sp³-hybridized carbons (Fsp3) is 0.500. The van der Waals surface area contributed by atoms with Crippen molar-refractivity contribution in [2.45, 2.75) is 39.0 Å². The summed E-state index contributed by atoms with van der Waals surface area (Å²) < 4.78 is 13.5. The van der Waals surface area contributed by atoms with E-state index in [0.29, 0.717) is 17.4 Å². The SMILES string of the molecule is Cc1ccc(C=C(CCl)C2CCCCC2)cc1F. The lowest BCUT2D eigenvalue weighted by atomic mass is 9.83. The molecule has 0 nitrogen and oxygen atoms in total. The summed E-state index contributed by atoms with van der Waals surface area (Å²) in [6.07, 6.45) is 8.46. The van der Waals surface area contributed by atoms with Crippen molar-refractivity contribution in [1.82, 2.24) is 0 Å². The molecule has 1 aliphatic carbocycles. The van der Waals surface area contributed by atoms with Gasteiger partial charge < -0.3 is 0 Å². The van der Waals surface area contributed by atoms with Gasteiger partial charge in [-0.15, -0.1) is 11.6 Å². The zero-order valence-corrected chi connectivity index (χ0v) is 11.6. The van der Waals surface area contributed by atoms with E-state index in [1.165, 1.54) is 37.7 Å². The summed E-state index contributed by atoms with van der Waals surface area (Å²) >= 11 is 6.06. The van der Waals surface area contributed by atoms with E-state index in [9.17, 15) is 4.39 Å². The highest BCUT2D eigenvalue weighted by molar-refractivity contribution is 6.19. The minimum Gasteiger partial charge on any atom is -0.207 e. The predicted octanol–water partition coefficient (Wildman–Crippen LogP) is 5.34. The second kappa shape index (κ2) is 6.38. The maximum Gasteiger partial charge on any atom is 0.126 e. The molecule has 2 heteroatoms. The number of halogens is 2. The number of allylic oxidation sites excluding steroid dienone is 1. The summed E-state index contributed by atoms with van der Waals surface area (Å²) in [6, 6.07) is 5.40. The van der Waals surface area contributed by atoms with Gasteiger partial charge >= 0.3 is 0 Å². The van der Waals surface area contributed by atoms with Gasteiger partial charge in [0.25, 0.3) is 0 Å². The Balaban J connectivity index is 2.19. The molecule has 1 saturated carbocycles. The molecule has 0 saturated heterocycles. The minimum absolute atomic E-state index is 0.138. The topological polar surface area (TPSA) is 0 Å². The maximum absolute atomic E-state index is 13.5. The molecule has 1 aromatic rings. The van der Waals surface area contributed by atoms with Crippen LogP contribution < -0.4 is 0 Å². The Kier molecular flexibility index (Phi) is 4.82. The van der Waals surface area contributed by atoms with Gasteiger partial charge in [-0.2, -0.15) is 0 Å². The Morgan fingerprint density at radius 1 is 1.33 bits per heavy atom. The van der Waals surface area contributed by atoms with Gasteiger partial charge in [-0.3, -0.25) is 0 Å². The van der Waals surface area contributed by atoms with Crippen LogP contribution in [-0.4, -0.2) is 5.88 Å². The van der Waals surface area contributed by atoms with Gasteiger partial charge in [-0.25, -0.2) is 4.39 Å². The maximum atomic E-state index is 13.5. The standard InChI is InChI=1S/C16H20ClF/c1-12-7-8-13(10-16(12)18)9-15(11-17)14-5-3-2-4-6-14/h7-10,14H,2-6,11H2,1H3. The van der Waals surface area contributed by atoms with Crippen LogP contribution in [0.2, 0.25) is 0 Å². The molecule has 0 unspecified atom stereocenters. The summed E-state index contributed by atoms with van der Waals surface area (Å²) in [5, 5.41) is 0. The lowest BCUT2D eigenvalue weighted by Gasteiger charge is -2.23. The Hall–Kier alpha value is -0.820. The van der Waals surface area contributed by atoms with Crippen molar-refractivity contribution in [3.05, 3.63) is 40.7 Å². The average Bonchev–Trinajstić information content (AvgIpc) is 2.41. The molecule has 0 spiro atoms. The second-order valence-corrected chi connectivity index (χ2v) is 5.46. The van der Waals surface area contributed by atoms with Crippen molar-refractivity contribution in [3.63, 3.8) is 0 Å². The number of hydrogen-bond acceptors (Lipinski definition) is 0. The Morgan fingerprint density at radius 3 is 2.67 bits per heavy atom. The lowest BCUT2D eigenvalue weighted by Crippen LogP contribution is -2.10. The molecule has 2 rings (SSSR count). The van der Waals surface area contributed by atoms with Crippen LogP contribution in [0.5, 0.6) is 0 Å². The van der Waals surface area contributed by atoms with Gasteiger partial charge in [0.1, 0.15) is 5.82 Å². The number of aryl methyl sites for hydroxylation is 1. The van der Waals surface area contributed by atoms with Crippen molar-refractivity contribution in [1.29, 1.82) is 0 Å². The van der Waals surface area contributed by atoms with E-state index in [1.54, 1.807) is 13.0 Å². The van der Waals surface area contributed by atoms with Gasteiger partial charge in [0.15, 0.2) is 0 Å². The fourth-order valence-corrected chi connectivity index (χ4v) is 2.95. The minimum atomic E-state index is -0.138. The monoisotopic (exact) mass is 266 g/mol. The van der Waals surface area contributed by atoms with Crippen LogP contribution in [0.3, 0.4) is 0 Å². The van der Waals surface area contributed by atoms with Crippen LogP contribution in [0.4, 0.5) is 4.39 Å². The molecule has 0 atom stereocenters. The van der Waals surface area contributed by atoms with Crippen molar-refractivity contribution < 1.29 is 4.39 Å². The molecule has 0 aromatic heterocycles. The smallest absolute Gasteiger partial charge is 0.126 e. The van der Waals surface area contributed by atoms with Crippen LogP contribution >= 0.6 is 11.6 Å². The molecule has 0 N–H and O–H groups in total. The molecule has 0 radical (unpaired) electrons. The lowest BCUT2D eigenvalue weighted by molar-refractivity contribution is 0.405. The second-order valence-electron chi connectivity index (χ2n) is 5.20. The average molecular weight is 267 g/mol. The van der Waals surface area contributed by atoms with E-state index in [1.807, 2.05) is 12.1 Å². The zero-order chi connectivity index (χ0) is 13.0. The van der Waals surface area contributed by atoms with E-state index < -0.39 is 0 Å². The largest absolute Gasteiger partial charge is 0.207 e. The van der Waals surface area contributed by atoms with Crippen LogP contribution in [0.15, 0.2) is 23.8 Å². The van der Waals surface area contributed by atoms with Crippen LogP contribution in [0, 0.1) is 18.7 Å². The highest BCUT2D eigenvalue weighted by Gasteiger charge is 2.17. The van der Waals surface area contributed by atoms with Crippen LogP contribution in [0.25, 0.3) is 6.08 Å². The van der Waals surface area contributed by atoms with Gasteiger partial charge in [0.05, 0.1) is 0 Å². The zero-order valence-electron chi connectivity index (χ0n) is 10.9. The third kappa shape index (κ3) is 3.35. The molecule has 0 aliphatic heterocycles. The fourth-order valence-electron chi connectivity index (χ4n) is 2.65. The Morgan fingerprint density at radius 2 is 2.06 bits per heavy atom. The van der Waals surface area contributed by atoms with Crippen molar-refractivity contribution in [3.8, 4) is 0 Å². The summed E-state index contributed by atoms with van der Waals surface area (Å²) in [5.41, 5.74) is 2.89.